The molecule has 4 aromatic heterocycles. The number of benzene rings is 14. The summed E-state index contributed by atoms with van der Waals surface area (Å²) in [5, 5.41) is 2.10. The number of para-hydroxylation sites is 4. The zero-order valence-corrected chi connectivity index (χ0v) is 57.3. The van der Waals surface area contributed by atoms with Crippen molar-refractivity contribution >= 4 is 79.0 Å². The Bertz CT molecular complexity index is 6300. The minimum atomic E-state index is 0.0325. The Morgan fingerprint density at radius 2 is 0.594 bits per heavy atom. The normalized spacial score (nSPS) is 12.1. The predicted octanol–water partition coefficient (Wildman–Crippen LogP) is 21.3. The van der Waals surface area contributed by atoms with Crippen LogP contribution in [0.15, 0.2) is 370 Å². The van der Waals surface area contributed by atoms with Crippen LogP contribution in [-0.2, 0) is 0 Å². The fourth-order valence-corrected chi connectivity index (χ4v) is 15.6. The van der Waals surface area contributed by atoms with Crippen molar-refractivity contribution in [1.29, 1.82) is 0 Å². The standard InChI is InChI=1S/C95H61BN10/c1-7-28-62(29-8-1)79-60-81(99-91(97-79)64-32-11-3-12-33-64)69-52-54-85(106-83-47-22-19-44-74(83)75-59-71(53-55-84(75)106)95-102-92(65-34-13-4-14-35-65)101-93(103-95)66-36-15-5-16-37-66)76(58-69)82-61-80(63-30-9-2-10-31-63)98-94(100-82)70-40-25-38-67(56-70)68-39-26-43-73(57-68)105-87-49-24-21-46-78(87)96-77-45-20-23-48-86(77)104(72-41-17-6-18-42-72)88-50-27-51-89(105)90(88)96/h1-61H. The van der Waals surface area contributed by atoms with Crippen LogP contribution in [0.1, 0.15) is 0 Å². The van der Waals surface area contributed by atoms with E-state index >= 15 is 0 Å². The number of fused-ring (bicyclic) bond motifs is 7. The van der Waals surface area contributed by atoms with Crippen molar-refractivity contribution in [3.8, 4) is 119 Å². The van der Waals surface area contributed by atoms with Gasteiger partial charge in [0, 0.05) is 95.0 Å². The lowest BCUT2D eigenvalue weighted by atomic mass is 9.33. The molecule has 2 aliphatic heterocycles. The Hall–Kier alpha value is -14.3. The topological polar surface area (TPSA) is 102 Å². The molecule has 0 bridgehead atoms. The van der Waals surface area contributed by atoms with E-state index in [0.717, 1.165) is 134 Å². The Balaban J connectivity index is 0.758. The van der Waals surface area contributed by atoms with E-state index in [1.807, 2.05) is 91.0 Å². The molecule has 20 rings (SSSR count). The van der Waals surface area contributed by atoms with Crippen molar-refractivity contribution in [3.05, 3.63) is 370 Å². The summed E-state index contributed by atoms with van der Waals surface area (Å²) in [6, 6.07) is 130. The molecule has 0 unspecified atom stereocenters. The SMILES string of the molecule is c1ccc(-c2cc(-c3ccc(-n4c5ccccc5c5cc(-c6nc(-c7ccccc7)nc(-c7ccccc7)n6)ccc54)c(-c4cc(-c5ccccc5)nc(-c5cccc(-c6cccc(N7c8ccccc8B8c9ccccc9N(c9ccccc9)c9cccc7c98)c6)c5)n4)c3)nc(-c3ccccc3)n2)cc1. The van der Waals surface area contributed by atoms with Crippen LogP contribution in [0.3, 0.4) is 0 Å². The molecule has 0 N–H and O–H groups in total. The molecule has 0 aliphatic carbocycles. The van der Waals surface area contributed by atoms with Crippen molar-refractivity contribution in [2.45, 2.75) is 0 Å². The van der Waals surface area contributed by atoms with Crippen molar-refractivity contribution in [2.24, 2.45) is 0 Å². The lowest BCUT2D eigenvalue weighted by Crippen LogP contribution is -2.61. The summed E-state index contributed by atoms with van der Waals surface area (Å²) >= 11 is 0. The predicted molar refractivity (Wildman–Crippen MR) is 434 cm³/mol. The Morgan fingerprint density at radius 1 is 0.208 bits per heavy atom. The summed E-state index contributed by atoms with van der Waals surface area (Å²) in [5.41, 5.74) is 26.9. The molecule has 11 heteroatoms. The molecule has 106 heavy (non-hydrogen) atoms. The van der Waals surface area contributed by atoms with Gasteiger partial charge in [-0.3, -0.25) is 0 Å². The molecule has 0 saturated heterocycles. The van der Waals surface area contributed by atoms with Crippen molar-refractivity contribution in [1.82, 2.24) is 39.5 Å². The van der Waals surface area contributed by atoms with Crippen molar-refractivity contribution in [3.63, 3.8) is 0 Å². The van der Waals surface area contributed by atoms with Gasteiger partial charge in [0.1, 0.15) is 0 Å². The highest BCUT2D eigenvalue weighted by atomic mass is 15.2. The molecule has 2 aliphatic rings. The van der Waals surface area contributed by atoms with Crippen LogP contribution in [0, 0.1) is 0 Å². The number of anilines is 6. The first kappa shape index (κ1) is 61.6. The van der Waals surface area contributed by atoms with E-state index in [-0.39, 0.29) is 6.71 Å². The van der Waals surface area contributed by atoms with Gasteiger partial charge < -0.3 is 14.4 Å². The first-order valence-corrected chi connectivity index (χ1v) is 35.7. The fraction of sp³-hybridized carbons (Fsp3) is 0. The second kappa shape index (κ2) is 26.0. The maximum absolute atomic E-state index is 5.77. The number of aromatic nitrogens is 8. The van der Waals surface area contributed by atoms with Gasteiger partial charge in [0.15, 0.2) is 29.1 Å². The van der Waals surface area contributed by atoms with E-state index < -0.39 is 0 Å². The highest BCUT2D eigenvalue weighted by Crippen LogP contribution is 2.46. The summed E-state index contributed by atoms with van der Waals surface area (Å²) in [4.78, 5) is 42.2. The second-order valence-corrected chi connectivity index (χ2v) is 26.8. The smallest absolute Gasteiger partial charge is 0.252 e. The van der Waals surface area contributed by atoms with Gasteiger partial charge in [-0.05, 0) is 131 Å². The monoisotopic (exact) mass is 1350 g/mol. The van der Waals surface area contributed by atoms with Gasteiger partial charge in [-0.1, -0.05) is 267 Å². The molecule has 0 atom stereocenters. The molecule has 0 amide bonds. The number of rotatable bonds is 13. The summed E-state index contributed by atoms with van der Waals surface area (Å²) in [5.74, 6) is 2.98. The van der Waals surface area contributed by atoms with Crippen LogP contribution < -0.4 is 26.2 Å². The number of hydrogen-bond acceptors (Lipinski definition) is 9. The summed E-state index contributed by atoms with van der Waals surface area (Å²) in [7, 11) is 0. The maximum atomic E-state index is 5.77. The minimum absolute atomic E-state index is 0.0325. The van der Waals surface area contributed by atoms with E-state index in [0.29, 0.717) is 29.1 Å². The highest BCUT2D eigenvalue weighted by molar-refractivity contribution is 7.00. The van der Waals surface area contributed by atoms with Crippen molar-refractivity contribution in [2.75, 3.05) is 9.80 Å². The third kappa shape index (κ3) is 10.9. The lowest BCUT2D eigenvalue weighted by Gasteiger charge is -2.44. The molecular formula is C95H61BN10. The second-order valence-electron chi connectivity index (χ2n) is 26.8. The largest absolute Gasteiger partial charge is 0.311 e. The van der Waals surface area contributed by atoms with Gasteiger partial charge >= 0.3 is 0 Å². The van der Waals surface area contributed by atoms with Crippen LogP contribution in [0.25, 0.3) is 141 Å². The molecule has 10 nitrogen and oxygen atoms in total. The van der Waals surface area contributed by atoms with E-state index in [1.165, 1.54) is 27.8 Å². The average Bonchev–Trinajstić information content (AvgIpc) is 0.958. The van der Waals surface area contributed by atoms with Gasteiger partial charge in [0.2, 0.25) is 0 Å². The fourth-order valence-electron chi connectivity index (χ4n) is 15.6. The molecule has 0 spiro atoms. The zero-order chi connectivity index (χ0) is 70.0. The average molecular weight is 1350 g/mol. The lowest BCUT2D eigenvalue weighted by molar-refractivity contribution is 1.07. The molecule has 18 aromatic rings. The number of hydrogen-bond donors (Lipinski definition) is 0. The van der Waals surface area contributed by atoms with Crippen LogP contribution in [0.2, 0.25) is 0 Å². The van der Waals surface area contributed by atoms with E-state index in [2.05, 4.69) is 293 Å². The Kier molecular flexibility index (Phi) is 15.1. The molecule has 0 radical (unpaired) electrons. The van der Waals surface area contributed by atoms with Crippen LogP contribution in [-0.4, -0.2) is 46.2 Å². The zero-order valence-electron chi connectivity index (χ0n) is 57.3. The summed E-state index contributed by atoms with van der Waals surface area (Å²) in [6.07, 6.45) is 0. The van der Waals surface area contributed by atoms with Gasteiger partial charge in [-0.2, -0.15) is 0 Å². The molecule has 14 aromatic carbocycles. The third-order valence-corrected chi connectivity index (χ3v) is 20.4. The Labute approximate surface area is 613 Å². The minimum Gasteiger partial charge on any atom is -0.311 e. The molecule has 6 heterocycles. The van der Waals surface area contributed by atoms with Crippen molar-refractivity contribution < 1.29 is 0 Å². The molecular weight excluding hydrogens is 1290 g/mol. The first-order valence-electron chi connectivity index (χ1n) is 35.7. The van der Waals surface area contributed by atoms with Crippen LogP contribution >= 0.6 is 0 Å². The van der Waals surface area contributed by atoms with Crippen LogP contribution in [0.5, 0.6) is 0 Å². The quantitative estimate of drug-likeness (QED) is 0.104. The number of nitrogens with zero attached hydrogens (tertiary/aromatic N) is 10. The van der Waals surface area contributed by atoms with Crippen LogP contribution in [0.4, 0.5) is 34.1 Å². The Morgan fingerprint density at radius 3 is 1.20 bits per heavy atom. The highest BCUT2D eigenvalue weighted by Gasteiger charge is 2.43. The van der Waals surface area contributed by atoms with E-state index in [4.69, 9.17) is 34.9 Å². The first-order chi connectivity index (χ1) is 52.5. The maximum Gasteiger partial charge on any atom is 0.252 e. The van der Waals surface area contributed by atoms with Gasteiger partial charge in [-0.15, -0.1) is 0 Å². The summed E-state index contributed by atoms with van der Waals surface area (Å²) in [6.45, 7) is 0.0325. The van der Waals surface area contributed by atoms with Gasteiger partial charge in [0.05, 0.1) is 39.5 Å². The summed E-state index contributed by atoms with van der Waals surface area (Å²) < 4.78 is 2.37. The van der Waals surface area contributed by atoms with Gasteiger partial charge in [0.25, 0.3) is 6.71 Å². The van der Waals surface area contributed by atoms with E-state index in [9.17, 15) is 0 Å². The van der Waals surface area contributed by atoms with E-state index in [1.54, 1.807) is 0 Å². The molecule has 0 saturated carbocycles. The van der Waals surface area contributed by atoms with Gasteiger partial charge in [-0.25, -0.2) is 34.9 Å². The molecule has 0 fully saturated rings. The molecule has 494 valence electrons. The third-order valence-electron chi connectivity index (χ3n) is 20.4.